The predicted molar refractivity (Wildman–Crippen MR) is 117 cm³/mol. The van der Waals surface area contributed by atoms with Crippen LogP contribution in [0, 0.1) is 10.1 Å². The van der Waals surface area contributed by atoms with Crippen LogP contribution in [0.2, 0.25) is 0 Å². The molecule has 0 saturated carbocycles. The topological polar surface area (TPSA) is 110 Å². The highest BCUT2D eigenvalue weighted by Gasteiger charge is 2.44. The van der Waals surface area contributed by atoms with Gasteiger partial charge in [0.2, 0.25) is 5.91 Å². The van der Waals surface area contributed by atoms with Crippen LogP contribution in [0.1, 0.15) is 47.1 Å². The third-order valence-electron chi connectivity index (χ3n) is 5.73. The highest BCUT2D eigenvalue weighted by Crippen LogP contribution is 2.41. The van der Waals surface area contributed by atoms with Crippen molar-refractivity contribution in [2.24, 2.45) is 0 Å². The van der Waals surface area contributed by atoms with E-state index in [1.807, 2.05) is 32.9 Å². The Bertz CT molecular complexity index is 1230. The van der Waals surface area contributed by atoms with Gasteiger partial charge in [-0.3, -0.25) is 29.4 Å². The van der Waals surface area contributed by atoms with Gasteiger partial charge in [-0.2, -0.15) is 0 Å². The number of methoxy groups -OCH3 is 1. The van der Waals surface area contributed by atoms with Crippen molar-refractivity contribution in [2.45, 2.75) is 26.3 Å². The first-order chi connectivity index (χ1) is 15.1. The molecule has 2 aromatic carbocycles. The van der Waals surface area contributed by atoms with E-state index in [9.17, 15) is 24.5 Å². The summed E-state index contributed by atoms with van der Waals surface area (Å²) >= 11 is 0. The quantitative estimate of drug-likeness (QED) is 0.413. The molecule has 0 unspecified atom stereocenters. The number of carbonyl (C=O) groups excluding carboxylic acids is 3. The predicted octanol–water partition coefficient (Wildman–Crippen LogP) is 3.43. The molecule has 3 amide bonds. The lowest BCUT2D eigenvalue weighted by Gasteiger charge is -2.42. The molecular weight excluding hydrogens is 414 g/mol. The van der Waals surface area contributed by atoms with E-state index in [4.69, 9.17) is 4.74 Å². The minimum atomic E-state index is -0.845. The second-order valence-electron chi connectivity index (χ2n) is 8.25. The summed E-state index contributed by atoms with van der Waals surface area (Å²) < 4.78 is 5.30. The van der Waals surface area contributed by atoms with E-state index in [1.54, 1.807) is 19.2 Å². The van der Waals surface area contributed by atoms with Crippen molar-refractivity contribution in [3.63, 3.8) is 0 Å². The molecule has 0 spiro atoms. The number of fused-ring (bicyclic) bond motifs is 2. The molecule has 0 saturated heterocycles. The summed E-state index contributed by atoms with van der Waals surface area (Å²) in [4.78, 5) is 52.1. The van der Waals surface area contributed by atoms with E-state index >= 15 is 0 Å². The zero-order chi connectivity index (χ0) is 23.4. The van der Waals surface area contributed by atoms with Gasteiger partial charge in [-0.1, -0.05) is 12.1 Å². The van der Waals surface area contributed by atoms with Crippen molar-refractivity contribution in [1.29, 1.82) is 0 Å². The number of hydrogen-bond donors (Lipinski definition) is 0. The molecule has 2 aliphatic rings. The van der Waals surface area contributed by atoms with Gasteiger partial charge in [0.05, 0.1) is 28.8 Å². The molecule has 0 aliphatic carbocycles. The Labute approximate surface area is 184 Å². The number of ether oxygens (including phenoxy) is 1. The van der Waals surface area contributed by atoms with Gasteiger partial charge in [-0.15, -0.1) is 0 Å². The Morgan fingerprint density at radius 1 is 1.12 bits per heavy atom. The molecule has 0 fully saturated rings. The first kappa shape index (κ1) is 21.2. The van der Waals surface area contributed by atoms with Crippen LogP contribution >= 0.6 is 0 Å². The highest BCUT2D eigenvalue weighted by molar-refractivity contribution is 6.24. The molecule has 164 valence electrons. The Morgan fingerprint density at radius 2 is 1.84 bits per heavy atom. The number of rotatable bonds is 4. The molecule has 9 heteroatoms. The Hall–Kier alpha value is -4.01. The normalized spacial score (nSPS) is 16.4. The summed E-state index contributed by atoms with van der Waals surface area (Å²) in [7, 11) is 1.55. The summed E-state index contributed by atoms with van der Waals surface area (Å²) in [5.41, 5.74) is 0.852. The number of allylic oxidation sites excluding steroid dienone is 1. The van der Waals surface area contributed by atoms with Crippen LogP contribution in [0.5, 0.6) is 5.75 Å². The maximum absolute atomic E-state index is 13.4. The molecule has 9 nitrogen and oxygen atoms in total. The molecule has 2 aliphatic heterocycles. The number of nitro groups is 1. The average Bonchev–Trinajstić information content (AvgIpc) is 2.97. The smallest absolute Gasteiger partial charge is 0.282 e. The molecule has 0 atom stereocenters. The highest BCUT2D eigenvalue weighted by atomic mass is 16.6. The van der Waals surface area contributed by atoms with Crippen molar-refractivity contribution in [3.8, 4) is 5.75 Å². The second kappa shape index (κ2) is 7.30. The SMILES string of the molecule is COc1ccc2c(c1)C(C)=CC(C)(C)N2C(=O)CN1C(=O)c2cccc([N+](=O)[O-])c2C1=O. The largest absolute Gasteiger partial charge is 0.497 e. The van der Waals surface area contributed by atoms with Gasteiger partial charge in [-0.05, 0) is 50.6 Å². The molecule has 32 heavy (non-hydrogen) atoms. The number of nitro benzene ring substituents is 1. The Kier molecular flexibility index (Phi) is 4.84. The van der Waals surface area contributed by atoms with Crippen LogP contribution in [0.4, 0.5) is 11.4 Å². The monoisotopic (exact) mass is 435 g/mol. The van der Waals surface area contributed by atoms with Crippen LogP contribution < -0.4 is 9.64 Å². The third-order valence-corrected chi connectivity index (χ3v) is 5.73. The van der Waals surface area contributed by atoms with Crippen LogP contribution in [-0.2, 0) is 4.79 Å². The third kappa shape index (κ3) is 3.13. The number of anilines is 1. The standard InChI is InChI=1S/C23H21N3O6/c1-13-11-23(2,3)25(17-9-8-14(32-4)10-16(13)17)19(27)12-24-21(28)15-6-5-7-18(26(30)31)20(15)22(24)29/h5-11H,12H2,1-4H3. The van der Waals surface area contributed by atoms with Gasteiger partial charge >= 0.3 is 0 Å². The number of amides is 3. The fourth-order valence-corrected chi connectivity index (χ4v) is 4.41. The molecule has 0 radical (unpaired) electrons. The molecule has 0 aromatic heterocycles. The number of hydrogen-bond acceptors (Lipinski definition) is 6. The number of benzene rings is 2. The average molecular weight is 435 g/mol. The van der Waals surface area contributed by atoms with Crippen LogP contribution in [0.15, 0.2) is 42.5 Å². The molecule has 0 N–H and O–H groups in total. The number of imide groups is 1. The van der Waals surface area contributed by atoms with Crippen molar-refractivity contribution in [2.75, 3.05) is 18.6 Å². The fourth-order valence-electron chi connectivity index (χ4n) is 4.41. The van der Waals surface area contributed by atoms with Crippen LogP contribution in [-0.4, -0.2) is 46.7 Å². The summed E-state index contributed by atoms with van der Waals surface area (Å²) in [6.07, 6.45) is 1.93. The van der Waals surface area contributed by atoms with Crippen molar-refractivity contribution in [1.82, 2.24) is 4.90 Å². The summed E-state index contributed by atoms with van der Waals surface area (Å²) in [6, 6.07) is 9.18. The Morgan fingerprint density at radius 3 is 2.50 bits per heavy atom. The van der Waals surface area contributed by atoms with E-state index in [0.717, 1.165) is 16.0 Å². The summed E-state index contributed by atoms with van der Waals surface area (Å²) in [6.45, 7) is 5.11. The minimum absolute atomic E-state index is 0.0734. The van der Waals surface area contributed by atoms with E-state index in [1.165, 1.54) is 23.1 Å². The second-order valence-corrected chi connectivity index (χ2v) is 8.25. The first-order valence-electron chi connectivity index (χ1n) is 9.91. The molecule has 2 heterocycles. The van der Waals surface area contributed by atoms with Crippen molar-refractivity contribution >= 4 is 34.7 Å². The van der Waals surface area contributed by atoms with Gasteiger partial charge in [-0.25, -0.2) is 0 Å². The van der Waals surface area contributed by atoms with Gasteiger partial charge in [0.15, 0.2) is 0 Å². The van der Waals surface area contributed by atoms with Gasteiger partial charge in [0, 0.05) is 11.6 Å². The van der Waals surface area contributed by atoms with E-state index in [-0.39, 0.29) is 11.1 Å². The molecule has 2 aromatic rings. The van der Waals surface area contributed by atoms with Gasteiger partial charge in [0.1, 0.15) is 17.9 Å². The summed E-state index contributed by atoms with van der Waals surface area (Å²) in [5, 5.41) is 11.3. The van der Waals surface area contributed by atoms with Gasteiger partial charge < -0.3 is 9.64 Å². The maximum atomic E-state index is 13.4. The van der Waals surface area contributed by atoms with E-state index in [0.29, 0.717) is 11.4 Å². The zero-order valence-corrected chi connectivity index (χ0v) is 18.0. The van der Waals surface area contributed by atoms with E-state index in [2.05, 4.69) is 0 Å². The van der Waals surface area contributed by atoms with Crippen LogP contribution in [0.25, 0.3) is 5.57 Å². The zero-order valence-electron chi connectivity index (χ0n) is 18.0. The fraction of sp³-hybridized carbons (Fsp3) is 0.261. The van der Waals surface area contributed by atoms with Crippen molar-refractivity contribution in [3.05, 3.63) is 69.3 Å². The number of nitrogens with zero attached hydrogens (tertiary/aromatic N) is 3. The molecular formula is C23H21N3O6. The molecule has 4 rings (SSSR count). The lowest BCUT2D eigenvalue weighted by atomic mass is 9.88. The minimum Gasteiger partial charge on any atom is -0.497 e. The summed E-state index contributed by atoms with van der Waals surface area (Å²) in [5.74, 6) is -1.42. The van der Waals surface area contributed by atoms with E-state index < -0.39 is 40.4 Å². The van der Waals surface area contributed by atoms with Crippen LogP contribution in [0.3, 0.4) is 0 Å². The lowest BCUT2D eigenvalue weighted by molar-refractivity contribution is -0.385. The first-order valence-corrected chi connectivity index (χ1v) is 9.91. The van der Waals surface area contributed by atoms with Gasteiger partial charge in [0.25, 0.3) is 17.5 Å². The molecule has 0 bridgehead atoms. The Balaban J connectivity index is 1.70. The number of carbonyl (C=O) groups is 3. The van der Waals surface area contributed by atoms with Crippen molar-refractivity contribution < 1.29 is 24.0 Å². The maximum Gasteiger partial charge on any atom is 0.282 e. The lowest BCUT2D eigenvalue weighted by Crippen LogP contribution is -2.53.